The summed E-state index contributed by atoms with van der Waals surface area (Å²) in [5.41, 5.74) is 0.400. The summed E-state index contributed by atoms with van der Waals surface area (Å²) in [6.45, 7) is 3.15. The molecule has 7 nitrogen and oxygen atoms in total. The first kappa shape index (κ1) is 16.7. The molecular weight excluding hydrogens is 340 g/mol. The summed E-state index contributed by atoms with van der Waals surface area (Å²) in [5, 5.41) is 4.22. The molecule has 0 aliphatic carbocycles. The number of aryl methyl sites for hydroxylation is 2. The van der Waals surface area contributed by atoms with Crippen molar-refractivity contribution >= 4 is 27.5 Å². The molecule has 2 saturated heterocycles. The first-order chi connectivity index (χ1) is 10.8. The smallest absolute Gasteiger partial charge is 0.248 e. The van der Waals surface area contributed by atoms with Gasteiger partial charge in [-0.25, -0.2) is 8.42 Å². The molecule has 9 heteroatoms. The van der Waals surface area contributed by atoms with Crippen molar-refractivity contribution in [2.24, 2.45) is 7.05 Å². The quantitative estimate of drug-likeness (QED) is 0.810. The van der Waals surface area contributed by atoms with Crippen molar-refractivity contribution in [3.8, 4) is 0 Å². The Morgan fingerprint density at radius 3 is 2.57 bits per heavy atom. The molecule has 0 unspecified atom stereocenters. The molecule has 3 rings (SSSR count). The highest BCUT2D eigenvalue weighted by Crippen LogP contribution is 2.30. The van der Waals surface area contributed by atoms with E-state index in [0.29, 0.717) is 25.2 Å². The van der Waals surface area contributed by atoms with Gasteiger partial charge in [-0.05, 0) is 26.2 Å². The number of rotatable bonds is 3. The Balaban J connectivity index is 1.86. The lowest BCUT2D eigenvalue weighted by molar-refractivity contribution is -0.130. The highest BCUT2D eigenvalue weighted by atomic mass is 35.5. The van der Waals surface area contributed by atoms with E-state index < -0.39 is 10.0 Å². The van der Waals surface area contributed by atoms with Gasteiger partial charge in [-0.15, -0.1) is 0 Å². The maximum absolute atomic E-state index is 13.0. The topological polar surface area (TPSA) is 75.5 Å². The normalized spacial score (nSPS) is 23.7. The second-order valence-electron chi connectivity index (χ2n) is 6.18. The minimum absolute atomic E-state index is 0.0377. The molecule has 0 aromatic carbocycles. The highest BCUT2D eigenvalue weighted by molar-refractivity contribution is 7.89. The van der Waals surface area contributed by atoms with Gasteiger partial charge in [-0.1, -0.05) is 11.6 Å². The molecule has 0 N–H and O–H groups in total. The second-order valence-corrected chi connectivity index (χ2v) is 8.41. The van der Waals surface area contributed by atoms with E-state index in [2.05, 4.69) is 5.10 Å². The van der Waals surface area contributed by atoms with Gasteiger partial charge in [0.15, 0.2) is 0 Å². The van der Waals surface area contributed by atoms with Crippen LogP contribution >= 0.6 is 11.6 Å². The number of carbonyl (C=O) groups excluding carboxylic acids is 1. The van der Waals surface area contributed by atoms with Gasteiger partial charge in [0, 0.05) is 39.1 Å². The van der Waals surface area contributed by atoms with Crippen molar-refractivity contribution in [2.45, 2.75) is 43.5 Å². The first-order valence-electron chi connectivity index (χ1n) is 7.81. The number of aromatic nitrogens is 2. The van der Waals surface area contributed by atoms with Gasteiger partial charge in [0.2, 0.25) is 15.9 Å². The Morgan fingerprint density at radius 2 is 2.00 bits per heavy atom. The van der Waals surface area contributed by atoms with Crippen LogP contribution in [0.15, 0.2) is 4.90 Å². The number of hydrogen-bond donors (Lipinski definition) is 0. The van der Waals surface area contributed by atoms with Crippen LogP contribution in [0.4, 0.5) is 0 Å². The fraction of sp³-hybridized carbons (Fsp3) is 0.714. The summed E-state index contributed by atoms with van der Waals surface area (Å²) < 4.78 is 28.8. The van der Waals surface area contributed by atoms with Gasteiger partial charge in [0.05, 0.1) is 5.69 Å². The van der Waals surface area contributed by atoms with Crippen molar-refractivity contribution in [1.82, 2.24) is 19.0 Å². The Hall–Kier alpha value is -1.12. The van der Waals surface area contributed by atoms with E-state index in [4.69, 9.17) is 11.6 Å². The van der Waals surface area contributed by atoms with Crippen LogP contribution in [0.1, 0.15) is 31.4 Å². The third-order valence-corrected chi connectivity index (χ3v) is 7.17. The number of sulfonamides is 1. The maximum Gasteiger partial charge on any atom is 0.248 e. The van der Waals surface area contributed by atoms with E-state index in [1.54, 1.807) is 14.0 Å². The number of hydrogen-bond acceptors (Lipinski definition) is 4. The van der Waals surface area contributed by atoms with Gasteiger partial charge in [-0.3, -0.25) is 9.48 Å². The monoisotopic (exact) mass is 360 g/mol. The zero-order valence-corrected chi connectivity index (χ0v) is 14.9. The summed E-state index contributed by atoms with van der Waals surface area (Å²) in [4.78, 5) is 13.8. The lowest BCUT2D eigenvalue weighted by Gasteiger charge is -2.36. The number of likely N-dealkylation sites (tertiary alicyclic amines) is 1. The van der Waals surface area contributed by atoms with Crippen molar-refractivity contribution < 1.29 is 13.2 Å². The lowest BCUT2D eigenvalue weighted by atomic mass is 10.1. The number of carbonyl (C=O) groups is 1. The summed E-state index contributed by atoms with van der Waals surface area (Å²) in [7, 11) is -2.08. The van der Waals surface area contributed by atoms with Crippen molar-refractivity contribution in [3.05, 3.63) is 10.8 Å². The summed E-state index contributed by atoms with van der Waals surface area (Å²) >= 11 is 6.13. The molecule has 2 fully saturated rings. The molecule has 1 aromatic rings. The predicted octanol–water partition coefficient (Wildman–Crippen LogP) is 1.16. The van der Waals surface area contributed by atoms with Crippen LogP contribution in [0.25, 0.3) is 0 Å². The summed E-state index contributed by atoms with van der Waals surface area (Å²) in [6, 6.07) is -0.0377. The SMILES string of the molecule is Cc1nn(C)c(Cl)c1S(=O)(=O)N1CCC[C@@H](N2CCCC2=O)C1. The molecular formula is C14H21ClN4O3S. The minimum atomic E-state index is -3.70. The molecule has 0 bridgehead atoms. The number of nitrogens with zero attached hydrogens (tertiary/aromatic N) is 4. The van der Waals surface area contributed by atoms with Gasteiger partial charge in [-0.2, -0.15) is 9.40 Å². The van der Waals surface area contributed by atoms with Crippen molar-refractivity contribution in [2.75, 3.05) is 19.6 Å². The van der Waals surface area contributed by atoms with E-state index in [1.165, 1.54) is 8.99 Å². The molecule has 0 radical (unpaired) electrons. The van der Waals surface area contributed by atoms with E-state index in [9.17, 15) is 13.2 Å². The number of amides is 1. The zero-order valence-electron chi connectivity index (χ0n) is 13.3. The van der Waals surface area contributed by atoms with Crippen LogP contribution in [0.2, 0.25) is 5.15 Å². The van der Waals surface area contributed by atoms with Crippen molar-refractivity contribution in [3.63, 3.8) is 0 Å². The molecule has 23 heavy (non-hydrogen) atoms. The molecule has 128 valence electrons. The Morgan fingerprint density at radius 1 is 1.26 bits per heavy atom. The van der Waals surface area contributed by atoms with Gasteiger partial charge in [0.1, 0.15) is 10.0 Å². The zero-order chi connectivity index (χ0) is 16.8. The first-order valence-corrected chi connectivity index (χ1v) is 9.63. The largest absolute Gasteiger partial charge is 0.338 e. The summed E-state index contributed by atoms with van der Waals surface area (Å²) in [6.07, 6.45) is 3.01. The van der Waals surface area contributed by atoms with Gasteiger partial charge >= 0.3 is 0 Å². The van der Waals surface area contributed by atoms with Gasteiger partial charge in [0.25, 0.3) is 0 Å². The molecule has 1 atom stereocenters. The molecule has 0 saturated carbocycles. The molecule has 1 aromatic heterocycles. The summed E-state index contributed by atoms with van der Waals surface area (Å²) in [5.74, 6) is 0.129. The van der Waals surface area contributed by atoms with Crippen LogP contribution < -0.4 is 0 Å². The second kappa shape index (κ2) is 6.07. The van der Waals surface area contributed by atoms with Crippen LogP contribution in [0.3, 0.4) is 0 Å². The van der Waals surface area contributed by atoms with Crippen molar-refractivity contribution in [1.29, 1.82) is 0 Å². The van der Waals surface area contributed by atoms with E-state index >= 15 is 0 Å². The molecule has 0 spiro atoms. The average molecular weight is 361 g/mol. The maximum atomic E-state index is 13.0. The van der Waals surface area contributed by atoms with Gasteiger partial charge < -0.3 is 4.90 Å². The van der Waals surface area contributed by atoms with E-state index in [1.807, 2.05) is 4.90 Å². The molecule has 2 aliphatic heterocycles. The van der Waals surface area contributed by atoms with E-state index in [-0.39, 0.29) is 22.0 Å². The number of piperidine rings is 1. The van der Waals surface area contributed by atoms with Crippen LogP contribution in [-0.4, -0.2) is 59.0 Å². The Bertz CT molecular complexity index is 731. The third kappa shape index (κ3) is 2.88. The highest BCUT2D eigenvalue weighted by Gasteiger charge is 2.38. The fourth-order valence-electron chi connectivity index (χ4n) is 3.48. The fourth-order valence-corrected chi connectivity index (χ4v) is 5.70. The standard InChI is InChI=1S/C14H21ClN4O3S/c1-10-13(14(15)17(2)16-10)23(21,22)18-7-3-5-11(9-18)19-8-4-6-12(19)20/h11H,3-9H2,1-2H3/t11-/m1/s1. The molecule has 1 amide bonds. The Kier molecular flexibility index (Phi) is 4.41. The average Bonchev–Trinajstić information content (AvgIpc) is 3.03. The minimum Gasteiger partial charge on any atom is -0.338 e. The van der Waals surface area contributed by atoms with Crippen LogP contribution in [-0.2, 0) is 21.9 Å². The predicted molar refractivity (Wildman–Crippen MR) is 85.7 cm³/mol. The number of halogens is 1. The van der Waals surface area contributed by atoms with E-state index in [0.717, 1.165) is 25.8 Å². The molecule has 3 heterocycles. The lowest BCUT2D eigenvalue weighted by Crippen LogP contribution is -2.50. The molecule has 2 aliphatic rings. The van der Waals surface area contributed by atoms with Crippen LogP contribution in [0, 0.1) is 6.92 Å². The third-order valence-electron chi connectivity index (χ3n) is 4.61. The van der Waals surface area contributed by atoms with Crippen LogP contribution in [0.5, 0.6) is 0 Å². The Labute approximate surface area is 141 Å².